The Morgan fingerprint density at radius 3 is 2.56 bits per heavy atom. The molecule has 0 fully saturated rings. The van der Waals surface area contributed by atoms with Crippen LogP contribution in [0.5, 0.6) is 0 Å². The van der Waals surface area contributed by atoms with Gasteiger partial charge in [0.05, 0.1) is 15.2 Å². The molecule has 0 spiro atoms. The summed E-state index contributed by atoms with van der Waals surface area (Å²) < 4.78 is 10.5. The highest BCUT2D eigenvalue weighted by Crippen LogP contribution is 2.27. The van der Waals surface area contributed by atoms with E-state index in [9.17, 15) is 4.79 Å². The van der Waals surface area contributed by atoms with Crippen molar-refractivity contribution in [1.29, 1.82) is 0 Å². The number of hydrogen-bond acceptors (Lipinski definition) is 3. The summed E-state index contributed by atoms with van der Waals surface area (Å²) in [6.45, 7) is 6.72. The van der Waals surface area contributed by atoms with Crippen molar-refractivity contribution in [3.8, 4) is 0 Å². The number of furan rings is 1. The fraction of sp³-hybridized carbons (Fsp3) is 0.583. The van der Waals surface area contributed by atoms with E-state index in [1.54, 1.807) is 0 Å². The molecule has 0 saturated carbocycles. The predicted molar refractivity (Wildman–Crippen MR) is 65.1 cm³/mol. The van der Waals surface area contributed by atoms with Gasteiger partial charge in [-0.3, -0.25) is 0 Å². The molecule has 1 aliphatic carbocycles. The van der Waals surface area contributed by atoms with Crippen molar-refractivity contribution in [2.24, 2.45) is 0 Å². The first-order chi connectivity index (χ1) is 7.45. The molecule has 0 N–H and O–H groups in total. The van der Waals surface area contributed by atoms with Crippen LogP contribution in [0.1, 0.15) is 28.3 Å². The quantitative estimate of drug-likeness (QED) is 0.585. The van der Waals surface area contributed by atoms with Gasteiger partial charge < -0.3 is 9.15 Å². The largest absolute Gasteiger partial charge is 0.463 e. The van der Waals surface area contributed by atoms with Crippen LogP contribution in [0.15, 0.2) is 4.42 Å². The number of aryl methyl sites for hydroxylation is 1. The molecule has 0 radical (unpaired) electrons. The maximum atomic E-state index is 11.7. The Labute approximate surface area is 96.8 Å². The zero-order valence-electron chi connectivity index (χ0n) is 10.3. The molecule has 1 heterocycles. The van der Waals surface area contributed by atoms with E-state index >= 15 is 0 Å². The summed E-state index contributed by atoms with van der Waals surface area (Å²) in [6.07, 6.45) is 3.16. The zero-order valence-corrected chi connectivity index (χ0v) is 11.3. The molecule has 1 aliphatic rings. The summed E-state index contributed by atoms with van der Waals surface area (Å²) in [5, 5.41) is 1.17. The number of ether oxygens (including phenoxy) is 1. The third-order valence-corrected chi connectivity index (χ3v) is 5.07. The van der Waals surface area contributed by atoms with Gasteiger partial charge in [-0.05, 0) is 23.6 Å². The second-order valence-electron chi connectivity index (χ2n) is 5.30. The Bertz CT molecular complexity index is 426. The van der Waals surface area contributed by atoms with Gasteiger partial charge in [-0.2, -0.15) is 0 Å². The molecule has 0 bridgehead atoms. The lowest BCUT2D eigenvalue weighted by Crippen LogP contribution is -2.42. The molecule has 16 heavy (non-hydrogen) atoms. The van der Waals surface area contributed by atoms with Crippen LogP contribution in [-0.4, -0.2) is 21.2 Å². The van der Waals surface area contributed by atoms with Crippen LogP contribution in [0.3, 0.4) is 0 Å². The highest BCUT2D eigenvalue weighted by atomic mass is 28.3. The van der Waals surface area contributed by atoms with E-state index in [4.69, 9.17) is 9.15 Å². The maximum absolute atomic E-state index is 11.7. The van der Waals surface area contributed by atoms with E-state index in [1.807, 2.05) is 0 Å². The van der Waals surface area contributed by atoms with Gasteiger partial charge in [-0.25, -0.2) is 4.79 Å². The van der Waals surface area contributed by atoms with E-state index in [0.717, 1.165) is 25.0 Å². The van der Waals surface area contributed by atoms with Gasteiger partial charge in [-0.1, -0.05) is 19.6 Å². The molecule has 0 unspecified atom stereocenters. The molecular weight excluding hydrogens is 220 g/mol. The summed E-state index contributed by atoms with van der Waals surface area (Å²) in [6, 6.07) is 0. The van der Waals surface area contributed by atoms with E-state index in [-0.39, 0.29) is 5.97 Å². The lowest BCUT2D eigenvalue weighted by Gasteiger charge is -2.17. The van der Waals surface area contributed by atoms with E-state index < -0.39 is 8.07 Å². The number of methoxy groups -OCH3 is 1. The third-order valence-electron chi connectivity index (χ3n) is 3.04. The first kappa shape index (κ1) is 11.5. The van der Waals surface area contributed by atoms with Crippen molar-refractivity contribution < 1.29 is 13.9 Å². The maximum Gasteiger partial charge on any atom is 0.373 e. The van der Waals surface area contributed by atoms with Gasteiger partial charge >= 0.3 is 5.97 Å². The normalized spacial score (nSPS) is 15.0. The molecular formula is C12H18O3Si. The molecule has 0 saturated heterocycles. The van der Waals surface area contributed by atoms with Crippen LogP contribution >= 0.6 is 0 Å². The number of carbonyl (C=O) groups is 1. The Balaban J connectivity index is 2.58. The van der Waals surface area contributed by atoms with Crippen LogP contribution in [0.2, 0.25) is 19.6 Å². The predicted octanol–water partition coefficient (Wildman–Crippen LogP) is 2.10. The van der Waals surface area contributed by atoms with Gasteiger partial charge in [0, 0.05) is 6.42 Å². The van der Waals surface area contributed by atoms with Crippen LogP contribution in [0.4, 0.5) is 0 Å². The minimum absolute atomic E-state index is 0.327. The number of fused-ring (bicyclic) bond motifs is 1. The van der Waals surface area contributed by atoms with Gasteiger partial charge in [0.1, 0.15) is 5.76 Å². The minimum Gasteiger partial charge on any atom is -0.463 e. The Kier molecular flexibility index (Phi) is 2.70. The fourth-order valence-corrected chi connectivity index (χ4v) is 4.44. The highest BCUT2D eigenvalue weighted by Gasteiger charge is 2.35. The van der Waals surface area contributed by atoms with E-state index in [0.29, 0.717) is 5.76 Å². The molecule has 2 rings (SSSR count). The average molecular weight is 238 g/mol. The number of carbonyl (C=O) groups excluding carboxylic acids is 1. The Hall–Kier alpha value is -1.03. The Morgan fingerprint density at radius 1 is 1.31 bits per heavy atom. The van der Waals surface area contributed by atoms with E-state index in [1.165, 1.54) is 17.9 Å². The standard InChI is InChI=1S/C12H18O3Si/c1-14-12(13)10-11(16(2,3)4)8-6-5-7-9(8)15-10/h5-7H2,1-4H3. The minimum atomic E-state index is -1.56. The van der Waals surface area contributed by atoms with Crippen molar-refractivity contribution in [2.45, 2.75) is 38.9 Å². The van der Waals surface area contributed by atoms with Crippen LogP contribution in [-0.2, 0) is 17.6 Å². The SMILES string of the molecule is COC(=O)c1oc2c(c1[Si](C)(C)C)CCC2. The summed E-state index contributed by atoms with van der Waals surface area (Å²) in [5.41, 5.74) is 1.29. The average Bonchev–Trinajstić information content (AvgIpc) is 2.72. The summed E-state index contributed by atoms with van der Waals surface area (Å²) in [7, 11) is -0.149. The second-order valence-corrected chi connectivity index (χ2v) is 10.3. The molecule has 0 aliphatic heterocycles. The van der Waals surface area contributed by atoms with Crippen molar-refractivity contribution in [3.63, 3.8) is 0 Å². The van der Waals surface area contributed by atoms with Crippen molar-refractivity contribution in [3.05, 3.63) is 17.1 Å². The van der Waals surface area contributed by atoms with Crippen molar-refractivity contribution in [1.82, 2.24) is 0 Å². The van der Waals surface area contributed by atoms with Crippen molar-refractivity contribution >= 4 is 19.2 Å². The first-order valence-electron chi connectivity index (χ1n) is 5.68. The summed E-state index contributed by atoms with van der Waals surface area (Å²) >= 11 is 0. The smallest absolute Gasteiger partial charge is 0.373 e. The van der Waals surface area contributed by atoms with Crippen molar-refractivity contribution in [2.75, 3.05) is 7.11 Å². The number of esters is 1. The number of rotatable bonds is 2. The van der Waals surface area contributed by atoms with Crippen LogP contribution < -0.4 is 5.19 Å². The highest BCUT2D eigenvalue weighted by molar-refractivity contribution is 6.89. The molecule has 0 amide bonds. The Morgan fingerprint density at radius 2 is 2.00 bits per heavy atom. The third kappa shape index (κ3) is 1.71. The van der Waals surface area contributed by atoms with E-state index in [2.05, 4.69) is 19.6 Å². The molecule has 1 aromatic rings. The summed E-state index contributed by atoms with van der Waals surface area (Å²) in [4.78, 5) is 11.7. The topological polar surface area (TPSA) is 39.4 Å². The molecule has 88 valence electrons. The molecule has 3 nitrogen and oxygen atoms in total. The second kappa shape index (κ2) is 3.77. The first-order valence-corrected chi connectivity index (χ1v) is 9.18. The van der Waals surface area contributed by atoms with Gasteiger partial charge in [-0.15, -0.1) is 0 Å². The summed E-state index contributed by atoms with van der Waals surface area (Å²) in [5.74, 6) is 1.15. The fourth-order valence-electron chi connectivity index (χ4n) is 2.43. The molecule has 0 aromatic carbocycles. The van der Waals surface area contributed by atoms with Gasteiger partial charge in [0.15, 0.2) is 0 Å². The van der Waals surface area contributed by atoms with Gasteiger partial charge in [0.25, 0.3) is 0 Å². The number of hydrogen-bond donors (Lipinski definition) is 0. The molecule has 1 aromatic heterocycles. The lowest BCUT2D eigenvalue weighted by atomic mass is 10.2. The zero-order chi connectivity index (χ0) is 11.9. The lowest BCUT2D eigenvalue weighted by molar-refractivity contribution is 0.0565. The van der Waals surface area contributed by atoms with Gasteiger partial charge in [0.2, 0.25) is 5.76 Å². The van der Waals surface area contributed by atoms with Crippen LogP contribution in [0.25, 0.3) is 0 Å². The molecule has 0 atom stereocenters. The monoisotopic (exact) mass is 238 g/mol. The van der Waals surface area contributed by atoms with Crippen LogP contribution in [0, 0.1) is 0 Å². The molecule has 4 heteroatoms.